The van der Waals surface area contributed by atoms with E-state index in [4.69, 9.17) is 0 Å². The van der Waals surface area contributed by atoms with Gasteiger partial charge in [-0.2, -0.15) is 0 Å². The molecule has 144 valence electrons. The third-order valence-electron chi connectivity index (χ3n) is 5.89. The second-order valence-electron chi connectivity index (χ2n) is 7.73. The molecule has 4 heteroatoms. The number of hydrogen-bond acceptors (Lipinski definition) is 2. The molecule has 4 nitrogen and oxygen atoms in total. The molecule has 0 bridgehead atoms. The third kappa shape index (κ3) is 3.47. The van der Waals surface area contributed by atoms with Crippen LogP contribution in [0, 0.1) is 5.92 Å². The second kappa shape index (κ2) is 7.63. The molecule has 2 aromatic rings. The van der Waals surface area contributed by atoms with Crippen molar-refractivity contribution in [2.75, 3.05) is 6.54 Å². The van der Waals surface area contributed by atoms with E-state index in [-0.39, 0.29) is 29.7 Å². The van der Waals surface area contributed by atoms with Gasteiger partial charge >= 0.3 is 0 Å². The molecule has 0 radical (unpaired) electrons. The van der Waals surface area contributed by atoms with E-state index in [0.717, 1.165) is 24.0 Å². The van der Waals surface area contributed by atoms with Gasteiger partial charge in [-0.3, -0.25) is 9.59 Å². The Bertz CT molecular complexity index is 905. The molecule has 0 unspecified atom stereocenters. The van der Waals surface area contributed by atoms with Gasteiger partial charge in [0.25, 0.3) is 5.91 Å². The topological polar surface area (TPSA) is 49.4 Å². The van der Waals surface area contributed by atoms with Crippen LogP contribution in [0.4, 0.5) is 0 Å². The van der Waals surface area contributed by atoms with E-state index in [9.17, 15) is 9.59 Å². The number of nitrogens with zero attached hydrogens (tertiary/aromatic N) is 1. The molecule has 2 fully saturated rings. The third-order valence-corrected chi connectivity index (χ3v) is 5.89. The molecule has 1 N–H and O–H groups in total. The number of hydrogen-bond donors (Lipinski definition) is 1. The van der Waals surface area contributed by atoms with E-state index >= 15 is 0 Å². The molecule has 1 saturated carbocycles. The maximum atomic E-state index is 13.4. The normalized spacial score (nSPS) is 25.9. The quantitative estimate of drug-likeness (QED) is 0.817. The van der Waals surface area contributed by atoms with E-state index in [2.05, 4.69) is 17.4 Å². The minimum atomic E-state index is -0.181. The van der Waals surface area contributed by atoms with E-state index in [0.29, 0.717) is 12.2 Å². The summed E-state index contributed by atoms with van der Waals surface area (Å²) in [5.74, 6) is 0.151. The second-order valence-corrected chi connectivity index (χ2v) is 7.73. The van der Waals surface area contributed by atoms with Gasteiger partial charge in [-0.05, 0) is 42.4 Å². The van der Waals surface area contributed by atoms with Gasteiger partial charge in [0.05, 0.1) is 12.6 Å². The van der Waals surface area contributed by atoms with Crippen molar-refractivity contribution >= 4 is 11.8 Å². The summed E-state index contributed by atoms with van der Waals surface area (Å²) >= 11 is 0. The summed E-state index contributed by atoms with van der Waals surface area (Å²) in [7, 11) is 0. The van der Waals surface area contributed by atoms with Crippen molar-refractivity contribution in [3.8, 4) is 0 Å². The highest BCUT2D eigenvalue weighted by atomic mass is 16.2. The van der Waals surface area contributed by atoms with E-state index in [1.807, 2.05) is 62.4 Å². The molecule has 0 aromatic heterocycles. The maximum Gasteiger partial charge on any atom is 0.268 e. The summed E-state index contributed by atoms with van der Waals surface area (Å²) in [4.78, 5) is 28.1. The lowest BCUT2D eigenvalue weighted by Crippen LogP contribution is -2.51. The van der Waals surface area contributed by atoms with Gasteiger partial charge in [-0.15, -0.1) is 0 Å². The van der Waals surface area contributed by atoms with E-state index < -0.39 is 0 Å². The van der Waals surface area contributed by atoms with Crippen LogP contribution in [-0.4, -0.2) is 23.3 Å². The molecule has 3 atom stereocenters. The zero-order valence-corrected chi connectivity index (χ0v) is 16.4. The summed E-state index contributed by atoms with van der Waals surface area (Å²) in [6, 6.07) is 19.9. The molecule has 4 rings (SSSR count). The standard InChI is InChI=1S/C24H26N2O2/c1-3-16(2)22-23(27)25-21(18-12-8-5-9-13-18)15-26(22)24(28)20-14-19(20)17-10-6-4-7-11-17/h4-13,19-21H,3,14-15H2,1-2H3,(H,25,27)/b22-16+/t19-,20+,21+/m0/s1. The Hall–Kier alpha value is -2.88. The van der Waals surface area contributed by atoms with Gasteiger partial charge in [0.2, 0.25) is 5.91 Å². The van der Waals surface area contributed by atoms with Crippen LogP contribution < -0.4 is 5.32 Å². The highest BCUT2D eigenvalue weighted by Crippen LogP contribution is 2.49. The highest BCUT2D eigenvalue weighted by Gasteiger charge is 2.48. The number of allylic oxidation sites excluding steroid dienone is 1. The zero-order valence-electron chi connectivity index (χ0n) is 16.4. The zero-order chi connectivity index (χ0) is 19.7. The Morgan fingerprint density at radius 2 is 1.64 bits per heavy atom. The smallest absolute Gasteiger partial charge is 0.268 e. The van der Waals surface area contributed by atoms with Crippen LogP contribution in [0.2, 0.25) is 0 Å². The summed E-state index contributed by atoms with van der Waals surface area (Å²) in [6.45, 7) is 4.45. The fourth-order valence-corrected chi connectivity index (χ4v) is 4.07. The van der Waals surface area contributed by atoms with Crippen LogP contribution >= 0.6 is 0 Å². The first-order valence-corrected chi connectivity index (χ1v) is 10.0. The molecule has 0 spiro atoms. The van der Waals surface area contributed by atoms with Crippen molar-refractivity contribution in [2.45, 2.75) is 38.6 Å². The maximum absolute atomic E-state index is 13.4. The molecule has 1 aliphatic carbocycles. The van der Waals surface area contributed by atoms with Gasteiger partial charge in [0, 0.05) is 5.92 Å². The number of benzene rings is 2. The number of carbonyl (C=O) groups excluding carboxylic acids is 2. The molecule has 2 aromatic carbocycles. The first-order chi connectivity index (χ1) is 13.6. The molecule has 1 saturated heterocycles. The van der Waals surface area contributed by atoms with Crippen LogP contribution in [-0.2, 0) is 9.59 Å². The van der Waals surface area contributed by atoms with Gasteiger partial charge in [0.15, 0.2) is 0 Å². The lowest BCUT2D eigenvalue weighted by Gasteiger charge is -2.36. The van der Waals surface area contributed by atoms with Crippen molar-refractivity contribution in [1.29, 1.82) is 0 Å². The minimum Gasteiger partial charge on any atom is -0.342 e. The van der Waals surface area contributed by atoms with Crippen molar-refractivity contribution < 1.29 is 9.59 Å². The number of carbonyl (C=O) groups is 2. The average molecular weight is 374 g/mol. The predicted octanol–water partition coefficient (Wildman–Crippen LogP) is 4.17. The Kier molecular flexibility index (Phi) is 5.03. The lowest BCUT2D eigenvalue weighted by atomic mass is 10.00. The fraction of sp³-hybridized carbons (Fsp3) is 0.333. The number of amides is 2. The Balaban J connectivity index is 1.61. The van der Waals surface area contributed by atoms with Crippen molar-refractivity contribution in [3.63, 3.8) is 0 Å². The average Bonchev–Trinajstić information content (AvgIpc) is 3.54. The van der Waals surface area contributed by atoms with Gasteiger partial charge in [0.1, 0.15) is 5.70 Å². The van der Waals surface area contributed by atoms with Crippen LogP contribution in [0.5, 0.6) is 0 Å². The van der Waals surface area contributed by atoms with Gasteiger partial charge < -0.3 is 10.2 Å². The van der Waals surface area contributed by atoms with E-state index in [1.165, 1.54) is 5.56 Å². The van der Waals surface area contributed by atoms with Crippen LogP contribution in [0.15, 0.2) is 71.9 Å². The molecule has 1 heterocycles. The van der Waals surface area contributed by atoms with Crippen molar-refractivity contribution in [3.05, 3.63) is 83.1 Å². The largest absolute Gasteiger partial charge is 0.342 e. The van der Waals surface area contributed by atoms with Gasteiger partial charge in [-0.1, -0.05) is 67.6 Å². The lowest BCUT2D eigenvalue weighted by molar-refractivity contribution is -0.136. The Morgan fingerprint density at radius 3 is 2.25 bits per heavy atom. The molecular weight excluding hydrogens is 348 g/mol. The summed E-state index contributed by atoms with van der Waals surface area (Å²) in [6.07, 6.45) is 1.60. The molecular formula is C24H26N2O2. The molecule has 1 aliphatic heterocycles. The predicted molar refractivity (Wildman–Crippen MR) is 109 cm³/mol. The monoisotopic (exact) mass is 374 g/mol. The minimum absolute atomic E-state index is 0.0376. The summed E-state index contributed by atoms with van der Waals surface area (Å²) in [5.41, 5.74) is 3.73. The molecule has 2 amide bonds. The number of rotatable bonds is 4. The first kappa shape index (κ1) is 18.5. The number of nitrogens with one attached hydrogen (secondary N) is 1. The van der Waals surface area contributed by atoms with E-state index in [1.54, 1.807) is 4.90 Å². The van der Waals surface area contributed by atoms with Crippen LogP contribution in [0.25, 0.3) is 0 Å². The van der Waals surface area contributed by atoms with Gasteiger partial charge in [-0.25, -0.2) is 0 Å². The first-order valence-electron chi connectivity index (χ1n) is 10.0. The fourth-order valence-electron chi connectivity index (χ4n) is 4.07. The van der Waals surface area contributed by atoms with Crippen molar-refractivity contribution in [1.82, 2.24) is 10.2 Å². The van der Waals surface area contributed by atoms with Crippen LogP contribution in [0.3, 0.4) is 0 Å². The number of piperazine rings is 1. The summed E-state index contributed by atoms with van der Waals surface area (Å²) < 4.78 is 0. The SMILES string of the molecule is CC/C(C)=C1\C(=O)N[C@@H](c2ccccc2)CN1C(=O)[C@@H]1C[C@H]1c1ccccc1. The van der Waals surface area contributed by atoms with Crippen molar-refractivity contribution in [2.24, 2.45) is 5.92 Å². The highest BCUT2D eigenvalue weighted by molar-refractivity contribution is 6.00. The molecule has 2 aliphatic rings. The van der Waals surface area contributed by atoms with Crippen LogP contribution in [0.1, 0.15) is 49.8 Å². The molecule has 28 heavy (non-hydrogen) atoms. The summed E-state index contributed by atoms with van der Waals surface area (Å²) in [5, 5.41) is 3.09. The Labute approximate surface area is 166 Å². The Morgan fingerprint density at radius 1 is 1.04 bits per heavy atom.